The van der Waals surface area contributed by atoms with Gasteiger partial charge in [-0.1, -0.05) is 12.1 Å². The number of hydrogen-bond donors (Lipinski definition) is 2. The number of pyridine rings is 1. The van der Waals surface area contributed by atoms with Crippen LogP contribution in [0.5, 0.6) is 0 Å². The summed E-state index contributed by atoms with van der Waals surface area (Å²) in [6.45, 7) is 3.35. The van der Waals surface area contributed by atoms with Crippen LogP contribution < -0.4 is 0 Å². The Morgan fingerprint density at radius 1 is 0.900 bits per heavy atom. The summed E-state index contributed by atoms with van der Waals surface area (Å²) in [5.74, 6) is -5.37. The molecule has 3 aromatic rings. The molecule has 216 valence electrons. The number of carbonyl (C=O) groups excluding carboxylic acids is 1. The number of likely N-dealkylation sites (tertiary alicyclic amines) is 1. The number of fused-ring (bicyclic) bond motifs is 3. The number of aliphatic carboxylic acids is 2. The first-order valence-corrected chi connectivity index (χ1v) is 12.3. The Balaban J connectivity index is 0.000000263. The van der Waals surface area contributed by atoms with E-state index < -0.39 is 24.3 Å². The van der Waals surface area contributed by atoms with Gasteiger partial charge in [0.05, 0.1) is 24.3 Å². The molecule has 0 spiro atoms. The zero-order valence-corrected chi connectivity index (χ0v) is 21.2. The Labute approximate surface area is 226 Å². The molecule has 0 bridgehead atoms. The zero-order valence-electron chi connectivity index (χ0n) is 20.3. The van der Waals surface area contributed by atoms with Crippen molar-refractivity contribution in [3.8, 4) is 0 Å². The van der Waals surface area contributed by atoms with Gasteiger partial charge >= 0.3 is 24.3 Å². The van der Waals surface area contributed by atoms with Gasteiger partial charge in [-0.2, -0.15) is 26.3 Å². The van der Waals surface area contributed by atoms with E-state index >= 15 is 0 Å². The van der Waals surface area contributed by atoms with Crippen LogP contribution in [0.2, 0.25) is 0 Å². The second kappa shape index (κ2) is 12.5. The summed E-state index contributed by atoms with van der Waals surface area (Å²) in [4.78, 5) is 41.1. The largest absolute Gasteiger partial charge is 0.490 e. The molecule has 16 heteroatoms. The van der Waals surface area contributed by atoms with Gasteiger partial charge in [0.1, 0.15) is 5.69 Å². The molecule has 2 aliphatic rings. The van der Waals surface area contributed by atoms with E-state index in [2.05, 4.69) is 49.1 Å². The van der Waals surface area contributed by atoms with Crippen molar-refractivity contribution in [1.29, 1.82) is 0 Å². The maximum Gasteiger partial charge on any atom is 0.490 e. The second-order valence-corrected chi connectivity index (χ2v) is 9.60. The Hall–Kier alpha value is -3.92. The summed E-state index contributed by atoms with van der Waals surface area (Å²) in [6, 6.07) is 14.6. The topological polar surface area (TPSA) is 116 Å². The Morgan fingerprint density at radius 2 is 1.52 bits per heavy atom. The first-order chi connectivity index (χ1) is 18.7. The average Bonchev–Trinajstić information content (AvgIpc) is 3.63. The zero-order chi connectivity index (χ0) is 29.7. The molecule has 0 radical (unpaired) electrons. The SMILES string of the molecule is O=C(O)C(F)(F)F.O=C(O)C(F)(F)F.O=C1c2cccn2C2CN(Cc3ccccn3)CC2N1Cc1cccs1. The molecule has 2 unspecified atom stereocenters. The van der Waals surface area contributed by atoms with Gasteiger partial charge in [-0.25, -0.2) is 9.59 Å². The van der Waals surface area contributed by atoms with Crippen LogP contribution in [0.1, 0.15) is 27.1 Å². The third-order valence-corrected chi connectivity index (χ3v) is 6.72. The van der Waals surface area contributed by atoms with Gasteiger partial charge in [0.25, 0.3) is 5.91 Å². The predicted octanol–water partition coefficient (Wildman–Crippen LogP) is 4.29. The monoisotopic (exact) mass is 592 g/mol. The van der Waals surface area contributed by atoms with E-state index in [-0.39, 0.29) is 11.9 Å². The Bertz CT molecular complexity index is 1270. The quantitative estimate of drug-likeness (QED) is 0.435. The molecule has 0 saturated carbocycles. The van der Waals surface area contributed by atoms with Crippen molar-refractivity contribution >= 4 is 29.2 Å². The third kappa shape index (κ3) is 7.81. The van der Waals surface area contributed by atoms with Gasteiger partial charge in [0.15, 0.2) is 0 Å². The number of aromatic nitrogens is 2. The summed E-state index contributed by atoms with van der Waals surface area (Å²) in [6.07, 6.45) is -6.27. The van der Waals surface area contributed by atoms with Crippen molar-refractivity contribution in [2.45, 2.75) is 37.5 Å². The van der Waals surface area contributed by atoms with Crippen LogP contribution in [-0.4, -0.2) is 78.9 Å². The second-order valence-electron chi connectivity index (χ2n) is 8.57. The molecule has 0 aromatic carbocycles. The highest BCUT2D eigenvalue weighted by atomic mass is 32.1. The lowest BCUT2D eigenvalue weighted by atomic mass is 10.1. The maximum atomic E-state index is 13.1. The van der Waals surface area contributed by atoms with Crippen molar-refractivity contribution < 1.29 is 50.9 Å². The number of rotatable bonds is 4. The molecule has 5 rings (SSSR count). The number of thiophene rings is 1. The number of halogens is 6. The summed E-state index contributed by atoms with van der Waals surface area (Å²) >= 11 is 1.72. The highest BCUT2D eigenvalue weighted by Gasteiger charge is 2.45. The van der Waals surface area contributed by atoms with Crippen LogP contribution in [0, 0.1) is 0 Å². The lowest BCUT2D eigenvalue weighted by molar-refractivity contribution is -0.193. The number of carboxylic acid groups (broad SMARTS) is 2. The first kappa shape index (κ1) is 30.6. The molecular weight excluding hydrogens is 570 g/mol. The predicted molar refractivity (Wildman–Crippen MR) is 128 cm³/mol. The highest BCUT2D eigenvalue weighted by Crippen LogP contribution is 2.35. The maximum absolute atomic E-state index is 13.1. The van der Waals surface area contributed by atoms with E-state index in [9.17, 15) is 31.1 Å². The van der Waals surface area contributed by atoms with E-state index in [0.717, 1.165) is 31.0 Å². The Morgan fingerprint density at radius 3 is 2.05 bits per heavy atom. The summed E-state index contributed by atoms with van der Waals surface area (Å²) < 4.78 is 65.6. The minimum absolute atomic E-state index is 0.143. The fourth-order valence-electron chi connectivity index (χ4n) is 4.20. The third-order valence-electron chi connectivity index (χ3n) is 5.85. The number of hydrogen-bond acceptors (Lipinski definition) is 6. The van der Waals surface area contributed by atoms with Gasteiger partial charge < -0.3 is 19.7 Å². The van der Waals surface area contributed by atoms with E-state index in [4.69, 9.17) is 19.8 Å². The molecular formula is C24H22F6N4O5S. The molecule has 2 aliphatic heterocycles. The standard InChI is InChI=1S/C20H20N4OS.2C2HF3O2/c25-20-17-7-3-9-23(17)18-13-22(11-15-5-1-2-8-21-15)14-19(18)24(20)12-16-6-4-10-26-16;2*3-2(4,5)1(6)7/h1-10,18-19H,11-14H2;2*(H,6,7). The van der Waals surface area contributed by atoms with Crippen LogP contribution >= 0.6 is 11.3 Å². The number of amides is 1. The Kier molecular flexibility index (Phi) is 9.57. The van der Waals surface area contributed by atoms with Crippen molar-refractivity contribution in [3.05, 3.63) is 76.5 Å². The van der Waals surface area contributed by atoms with Gasteiger partial charge in [-0.05, 0) is 35.7 Å². The number of nitrogens with zero attached hydrogens (tertiary/aromatic N) is 4. The summed E-state index contributed by atoms with van der Waals surface area (Å²) in [5, 5.41) is 16.3. The summed E-state index contributed by atoms with van der Waals surface area (Å²) in [7, 11) is 0. The van der Waals surface area contributed by atoms with Crippen molar-refractivity contribution in [3.63, 3.8) is 0 Å². The van der Waals surface area contributed by atoms with E-state index in [1.165, 1.54) is 4.88 Å². The molecule has 40 heavy (non-hydrogen) atoms. The van der Waals surface area contributed by atoms with Gasteiger partial charge in [-0.15, -0.1) is 11.3 Å². The van der Waals surface area contributed by atoms with E-state index in [1.807, 2.05) is 30.5 Å². The van der Waals surface area contributed by atoms with Crippen LogP contribution in [0.15, 0.2) is 60.2 Å². The van der Waals surface area contributed by atoms with Gasteiger partial charge in [-0.3, -0.25) is 14.7 Å². The van der Waals surface area contributed by atoms with Crippen LogP contribution in [0.4, 0.5) is 26.3 Å². The number of alkyl halides is 6. The minimum atomic E-state index is -5.08. The minimum Gasteiger partial charge on any atom is -0.475 e. The number of carbonyl (C=O) groups is 3. The molecule has 1 amide bonds. The molecule has 3 aromatic heterocycles. The molecule has 5 heterocycles. The van der Waals surface area contributed by atoms with Crippen LogP contribution in [0.25, 0.3) is 0 Å². The van der Waals surface area contributed by atoms with Crippen molar-refractivity contribution in [1.82, 2.24) is 19.4 Å². The fourth-order valence-corrected chi connectivity index (χ4v) is 4.90. The highest BCUT2D eigenvalue weighted by molar-refractivity contribution is 7.09. The lowest BCUT2D eigenvalue weighted by Gasteiger charge is -2.38. The van der Waals surface area contributed by atoms with E-state index in [0.29, 0.717) is 12.6 Å². The first-order valence-electron chi connectivity index (χ1n) is 11.4. The average molecular weight is 593 g/mol. The molecule has 1 fully saturated rings. The summed E-state index contributed by atoms with van der Waals surface area (Å²) in [5.41, 5.74) is 1.89. The smallest absolute Gasteiger partial charge is 0.475 e. The van der Waals surface area contributed by atoms with Crippen LogP contribution in [-0.2, 0) is 22.7 Å². The molecule has 2 atom stereocenters. The van der Waals surface area contributed by atoms with Crippen molar-refractivity contribution in [2.24, 2.45) is 0 Å². The number of carboxylic acids is 2. The van der Waals surface area contributed by atoms with Gasteiger partial charge in [0.2, 0.25) is 0 Å². The molecule has 1 saturated heterocycles. The normalized spacial score (nSPS) is 18.6. The molecule has 0 aliphatic carbocycles. The van der Waals surface area contributed by atoms with E-state index in [1.54, 1.807) is 11.3 Å². The van der Waals surface area contributed by atoms with Gasteiger partial charge in [0, 0.05) is 36.9 Å². The lowest BCUT2D eigenvalue weighted by Crippen LogP contribution is -2.49. The molecule has 2 N–H and O–H groups in total. The molecule has 9 nitrogen and oxygen atoms in total. The van der Waals surface area contributed by atoms with Crippen molar-refractivity contribution in [2.75, 3.05) is 13.1 Å². The van der Waals surface area contributed by atoms with Crippen LogP contribution in [0.3, 0.4) is 0 Å². The fraction of sp³-hybridized carbons (Fsp3) is 0.333.